The van der Waals surface area contributed by atoms with Gasteiger partial charge in [-0.05, 0) is 81.3 Å². The topological polar surface area (TPSA) is 84.1 Å². The molecule has 1 saturated heterocycles. The van der Waals surface area contributed by atoms with Gasteiger partial charge in [0.1, 0.15) is 0 Å². The van der Waals surface area contributed by atoms with Crippen molar-refractivity contribution < 1.29 is 4.42 Å². The molecule has 0 bridgehead atoms. The van der Waals surface area contributed by atoms with Gasteiger partial charge in [0.25, 0.3) is 5.56 Å². The van der Waals surface area contributed by atoms with E-state index in [1.54, 1.807) is 0 Å². The Morgan fingerprint density at radius 3 is 2.58 bits per heavy atom. The Labute approximate surface area is 194 Å². The Bertz CT molecular complexity index is 1200. The third-order valence-electron chi connectivity index (χ3n) is 6.66. The van der Waals surface area contributed by atoms with Crippen LogP contribution in [0.15, 0.2) is 44.3 Å². The number of aryl methyl sites for hydroxylation is 3. The number of aromatic amines is 1. The molecule has 0 spiro atoms. The molecular weight excluding hydrogens is 416 g/mol. The lowest BCUT2D eigenvalue weighted by atomic mass is 10.0. The van der Waals surface area contributed by atoms with Gasteiger partial charge in [-0.3, -0.25) is 9.69 Å². The van der Waals surface area contributed by atoms with E-state index in [2.05, 4.69) is 35.9 Å². The Balaban J connectivity index is 1.53. The normalized spacial score (nSPS) is 16.7. The van der Waals surface area contributed by atoms with Crippen LogP contribution in [0, 0.1) is 19.8 Å². The second kappa shape index (κ2) is 9.91. The number of hydrogen-bond donors (Lipinski definition) is 1. The highest BCUT2D eigenvalue weighted by atomic mass is 16.4. The molecule has 176 valence electrons. The first-order chi connectivity index (χ1) is 15.8. The summed E-state index contributed by atoms with van der Waals surface area (Å²) in [6, 6.07) is 10.4. The first kappa shape index (κ1) is 23.2. The molecule has 7 nitrogen and oxygen atoms in total. The standard InChI is InChI=1S/C26H34N4O3/c1-17(2)14-22-6-5-12-29(22)16-23-18(3)15-19(4)25(31)30(23)13-11-20-7-9-21(10-8-20)24-27-28-26(32)33-24/h7-10,15,17,22H,5-6,11-14,16H2,1-4H3,(H,28,32)/t22-/m1/s1. The maximum absolute atomic E-state index is 13.1. The zero-order valence-corrected chi connectivity index (χ0v) is 20.1. The predicted octanol–water partition coefficient (Wildman–Crippen LogP) is 4.06. The molecule has 0 radical (unpaired) electrons. The Morgan fingerprint density at radius 2 is 1.91 bits per heavy atom. The molecular formula is C26H34N4O3. The Morgan fingerprint density at radius 1 is 1.15 bits per heavy atom. The lowest BCUT2D eigenvalue weighted by Crippen LogP contribution is -2.35. The van der Waals surface area contributed by atoms with Gasteiger partial charge < -0.3 is 8.98 Å². The molecule has 0 aliphatic carbocycles. The molecule has 3 aromatic rings. The van der Waals surface area contributed by atoms with E-state index >= 15 is 0 Å². The molecule has 0 amide bonds. The van der Waals surface area contributed by atoms with E-state index in [-0.39, 0.29) is 11.4 Å². The minimum atomic E-state index is -0.565. The molecule has 1 N–H and O–H groups in total. The van der Waals surface area contributed by atoms with Crippen LogP contribution in [-0.2, 0) is 19.5 Å². The van der Waals surface area contributed by atoms with E-state index in [0.29, 0.717) is 18.5 Å². The SMILES string of the molecule is Cc1cc(C)c(=O)n(CCc2ccc(-c3n[nH]c(=O)o3)cc2)c1CN1CCC[C@@H]1CC(C)C. The number of pyridine rings is 1. The van der Waals surface area contributed by atoms with Crippen LogP contribution < -0.4 is 11.3 Å². The average Bonchev–Trinajstić information content (AvgIpc) is 3.40. The molecule has 1 fully saturated rings. The van der Waals surface area contributed by atoms with Crippen LogP contribution in [0.3, 0.4) is 0 Å². The number of nitrogens with one attached hydrogen (secondary N) is 1. The van der Waals surface area contributed by atoms with Gasteiger partial charge in [-0.2, -0.15) is 0 Å². The highest BCUT2D eigenvalue weighted by Crippen LogP contribution is 2.26. The number of hydrogen-bond acceptors (Lipinski definition) is 5. The van der Waals surface area contributed by atoms with Crippen molar-refractivity contribution in [2.24, 2.45) is 5.92 Å². The summed E-state index contributed by atoms with van der Waals surface area (Å²) in [5, 5.41) is 6.15. The molecule has 3 heterocycles. The lowest BCUT2D eigenvalue weighted by molar-refractivity contribution is 0.212. The molecule has 0 saturated carbocycles. The fraction of sp³-hybridized carbons (Fsp3) is 0.500. The molecule has 1 aromatic carbocycles. The maximum atomic E-state index is 13.1. The van der Waals surface area contributed by atoms with Crippen molar-refractivity contribution in [3.8, 4) is 11.5 Å². The molecule has 2 aromatic heterocycles. The highest BCUT2D eigenvalue weighted by Gasteiger charge is 2.26. The number of likely N-dealkylation sites (tertiary alicyclic amines) is 1. The van der Waals surface area contributed by atoms with Crippen molar-refractivity contribution in [2.75, 3.05) is 6.54 Å². The van der Waals surface area contributed by atoms with Crippen LogP contribution in [0.25, 0.3) is 11.5 Å². The van der Waals surface area contributed by atoms with Gasteiger partial charge in [0.05, 0.1) is 0 Å². The lowest BCUT2D eigenvalue weighted by Gasteiger charge is -2.28. The smallest absolute Gasteiger partial charge is 0.388 e. The summed E-state index contributed by atoms with van der Waals surface area (Å²) >= 11 is 0. The van der Waals surface area contributed by atoms with Crippen molar-refractivity contribution in [3.63, 3.8) is 0 Å². The van der Waals surface area contributed by atoms with Crippen LogP contribution in [0.4, 0.5) is 0 Å². The number of rotatable bonds is 8. The van der Waals surface area contributed by atoms with Gasteiger partial charge >= 0.3 is 5.76 Å². The summed E-state index contributed by atoms with van der Waals surface area (Å²) < 4.78 is 7.00. The predicted molar refractivity (Wildman–Crippen MR) is 129 cm³/mol. The van der Waals surface area contributed by atoms with E-state index in [1.165, 1.54) is 24.8 Å². The van der Waals surface area contributed by atoms with E-state index in [0.717, 1.165) is 41.9 Å². The second-order valence-electron chi connectivity index (χ2n) is 9.68. The summed E-state index contributed by atoms with van der Waals surface area (Å²) in [7, 11) is 0. The monoisotopic (exact) mass is 450 g/mol. The van der Waals surface area contributed by atoms with Gasteiger partial charge in [-0.15, -0.1) is 5.10 Å². The van der Waals surface area contributed by atoms with Crippen molar-refractivity contribution in [3.05, 3.63) is 73.6 Å². The third kappa shape index (κ3) is 5.36. The van der Waals surface area contributed by atoms with Crippen molar-refractivity contribution in [2.45, 2.75) is 72.5 Å². The van der Waals surface area contributed by atoms with Crippen molar-refractivity contribution in [1.29, 1.82) is 0 Å². The summed E-state index contributed by atoms with van der Waals surface area (Å²) in [6.45, 7) is 11.2. The molecule has 0 unspecified atom stereocenters. The number of aromatic nitrogens is 3. The van der Waals surface area contributed by atoms with Crippen LogP contribution >= 0.6 is 0 Å². The van der Waals surface area contributed by atoms with E-state index in [9.17, 15) is 9.59 Å². The van der Waals surface area contributed by atoms with Gasteiger partial charge in [-0.1, -0.05) is 26.0 Å². The zero-order valence-electron chi connectivity index (χ0n) is 20.1. The quantitative estimate of drug-likeness (QED) is 0.559. The Hall–Kier alpha value is -2.93. The van der Waals surface area contributed by atoms with Crippen molar-refractivity contribution >= 4 is 0 Å². The van der Waals surface area contributed by atoms with Crippen LogP contribution in [-0.4, -0.2) is 32.3 Å². The number of nitrogens with zero attached hydrogens (tertiary/aromatic N) is 3. The first-order valence-electron chi connectivity index (χ1n) is 11.9. The Kier molecular flexibility index (Phi) is 6.98. The van der Waals surface area contributed by atoms with Crippen molar-refractivity contribution in [1.82, 2.24) is 19.7 Å². The van der Waals surface area contributed by atoms with E-state index < -0.39 is 5.76 Å². The van der Waals surface area contributed by atoms with Crippen LogP contribution in [0.2, 0.25) is 0 Å². The van der Waals surface area contributed by atoms with Gasteiger partial charge in [0.2, 0.25) is 5.89 Å². The fourth-order valence-electron chi connectivity index (χ4n) is 4.98. The summed E-state index contributed by atoms with van der Waals surface area (Å²) in [5.74, 6) is 0.389. The molecule has 7 heteroatoms. The second-order valence-corrected chi connectivity index (χ2v) is 9.68. The number of H-pyrrole nitrogens is 1. The van der Waals surface area contributed by atoms with Crippen LogP contribution in [0.5, 0.6) is 0 Å². The summed E-state index contributed by atoms with van der Waals surface area (Å²) in [5.41, 5.74) is 5.08. The highest BCUT2D eigenvalue weighted by molar-refractivity contribution is 5.52. The fourth-order valence-corrected chi connectivity index (χ4v) is 4.98. The van der Waals surface area contributed by atoms with Crippen LogP contribution in [0.1, 0.15) is 55.5 Å². The zero-order chi connectivity index (χ0) is 23.5. The minimum absolute atomic E-state index is 0.102. The first-order valence-corrected chi connectivity index (χ1v) is 11.9. The van der Waals surface area contributed by atoms with E-state index in [4.69, 9.17) is 4.42 Å². The largest absolute Gasteiger partial charge is 0.434 e. The van der Waals surface area contributed by atoms with Gasteiger partial charge in [0, 0.05) is 36.0 Å². The third-order valence-corrected chi connectivity index (χ3v) is 6.66. The number of benzene rings is 1. The average molecular weight is 451 g/mol. The molecule has 4 rings (SSSR count). The molecule has 1 aliphatic rings. The molecule has 1 aliphatic heterocycles. The van der Waals surface area contributed by atoms with Gasteiger partial charge in [0.15, 0.2) is 0 Å². The minimum Gasteiger partial charge on any atom is -0.388 e. The summed E-state index contributed by atoms with van der Waals surface area (Å²) in [4.78, 5) is 26.9. The maximum Gasteiger partial charge on any atom is 0.434 e. The summed E-state index contributed by atoms with van der Waals surface area (Å²) in [6.07, 6.45) is 4.43. The molecule has 1 atom stereocenters. The van der Waals surface area contributed by atoms with E-state index in [1.807, 2.05) is 41.8 Å². The van der Waals surface area contributed by atoms with Gasteiger partial charge in [-0.25, -0.2) is 9.89 Å². The molecule has 33 heavy (non-hydrogen) atoms.